The van der Waals surface area contributed by atoms with Crippen LogP contribution in [0.15, 0.2) is 5.38 Å². The average Bonchev–Trinajstić information content (AvgIpc) is 2.67. The van der Waals surface area contributed by atoms with Gasteiger partial charge in [0.05, 0.1) is 17.2 Å². The minimum atomic E-state index is -0.699. The Kier molecular flexibility index (Phi) is 3.26. The lowest BCUT2D eigenvalue weighted by Crippen LogP contribution is -2.45. The maximum absolute atomic E-state index is 12.1. The lowest BCUT2D eigenvalue weighted by Gasteiger charge is -2.15. The van der Waals surface area contributed by atoms with Crippen molar-refractivity contribution in [1.29, 1.82) is 0 Å². The summed E-state index contributed by atoms with van der Waals surface area (Å²) in [6.45, 7) is 10.9. The summed E-state index contributed by atoms with van der Waals surface area (Å²) in [4.78, 5) is 16.6. The number of thiazole rings is 1. The second-order valence-electron chi connectivity index (χ2n) is 7.11. The molecule has 1 heterocycles. The number of amides is 1. The van der Waals surface area contributed by atoms with Crippen molar-refractivity contribution in [2.24, 2.45) is 11.1 Å². The molecular weight excluding hydrogens is 258 g/mol. The highest BCUT2D eigenvalue weighted by atomic mass is 32.1. The summed E-state index contributed by atoms with van der Waals surface area (Å²) >= 11 is 1.64. The van der Waals surface area contributed by atoms with Crippen LogP contribution in [0.4, 0.5) is 0 Å². The standard InChI is InChI=1S/C14H23N3OS/c1-12(2,3)11-17-9(7-19-11)6-16-10(18)14(15)8-13(14,4)5/h7H,6,8,15H2,1-5H3,(H,16,18). The van der Waals surface area contributed by atoms with Crippen molar-refractivity contribution in [3.8, 4) is 0 Å². The van der Waals surface area contributed by atoms with Gasteiger partial charge in [-0.1, -0.05) is 34.6 Å². The van der Waals surface area contributed by atoms with E-state index in [1.165, 1.54) is 0 Å². The topological polar surface area (TPSA) is 68.0 Å². The number of aromatic nitrogens is 1. The summed E-state index contributed by atoms with van der Waals surface area (Å²) < 4.78 is 0. The Morgan fingerprint density at radius 3 is 2.53 bits per heavy atom. The minimum absolute atomic E-state index is 0.0561. The van der Waals surface area contributed by atoms with Crippen molar-refractivity contribution in [3.63, 3.8) is 0 Å². The van der Waals surface area contributed by atoms with E-state index in [1.807, 2.05) is 19.2 Å². The Morgan fingerprint density at radius 2 is 2.11 bits per heavy atom. The van der Waals surface area contributed by atoms with Crippen LogP contribution in [0.5, 0.6) is 0 Å². The fourth-order valence-corrected chi connectivity index (χ4v) is 3.01. The maximum Gasteiger partial charge on any atom is 0.240 e. The first-order chi connectivity index (χ1) is 8.56. The Bertz CT molecular complexity index is 501. The number of nitrogens with zero attached hydrogens (tertiary/aromatic N) is 1. The number of nitrogens with one attached hydrogen (secondary N) is 1. The average molecular weight is 281 g/mol. The van der Waals surface area contributed by atoms with E-state index in [-0.39, 0.29) is 16.7 Å². The zero-order valence-electron chi connectivity index (χ0n) is 12.3. The third-order valence-electron chi connectivity index (χ3n) is 3.83. The summed E-state index contributed by atoms with van der Waals surface area (Å²) in [6.07, 6.45) is 0.746. The Labute approximate surface area is 118 Å². The van der Waals surface area contributed by atoms with E-state index in [4.69, 9.17) is 5.73 Å². The molecule has 0 aromatic carbocycles. The van der Waals surface area contributed by atoms with Crippen LogP contribution < -0.4 is 11.1 Å². The van der Waals surface area contributed by atoms with Crippen LogP contribution in [0.2, 0.25) is 0 Å². The summed E-state index contributed by atoms with van der Waals surface area (Å²) in [5.74, 6) is -0.0668. The Morgan fingerprint density at radius 1 is 1.53 bits per heavy atom. The molecule has 1 aliphatic rings. The van der Waals surface area contributed by atoms with Gasteiger partial charge in [-0.05, 0) is 11.8 Å². The van der Waals surface area contributed by atoms with Crippen molar-refractivity contribution in [2.45, 2.75) is 58.5 Å². The smallest absolute Gasteiger partial charge is 0.240 e. The number of carbonyl (C=O) groups excluding carboxylic acids is 1. The van der Waals surface area contributed by atoms with Crippen molar-refractivity contribution < 1.29 is 4.79 Å². The van der Waals surface area contributed by atoms with Gasteiger partial charge in [0.2, 0.25) is 5.91 Å². The van der Waals surface area contributed by atoms with Crippen molar-refractivity contribution in [2.75, 3.05) is 0 Å². The van der Waals surface area contributed by atoms with E-state index < -0.39 is 5.54 Å². The summed E-state index contributed by atoms with van der Waals surface area (Å²) in [5, 5.41) is 5.99. The van der Waals surface area contributed by atoms with Gasteiger partial charge in [0, 0.05) is 10.8 Å². The Hall–Kier alpha value is -0.940. The van der Waals surface area contributed by atoms with Gasteiger partial charge >= 0.3 is 0 Å². The predicted molar refractivity (Wildman–Crippen MR) is 78.0 cm³/mol. The molecule has 19 heavy (non-hydrogen) atoms. The molecule has 2 rings (SSSR count). The van der Waals surface area contributed by atoms with Crippen LogP contribution in [-0.4, -0.2) is 16.4 Å². The largest absolute Gasteiger partial charge is 0.349 e. The number of hydrogen-bond acceptors (Lipinski definition) is 4. The van der Waals surface area contributed by atoms with Crippen LogP contribution >= 0.6 is 11.3 Å². The van der Waals surface area contributed by atoms with Gasteiger partial charge in [-0.3, -0.25) is 4.79 Å². The molecule has 5 heteroatoms. The van der Waals surface area contributed by atoms with Crippen LogP contribution in [-0.2, 0) is 16.8 Å². The molecule has 1 atom stereocenters. The van der Waals surface area contributed by atoms with Gasteiger partial charge in [0.1, 0.15) is 5.54 Å². The van der Waals surface area contributed by atoms with Crippen LogP contribution in [0.1, 0.15) is 51.7 Å². The first-order valence-corrected chi connectivity index (χ1v) is 7.46. The van der Waals surface area contributed by atoms with Gasteiger partial charge in [0.15, 0.2) is 0 Å². The quantitative estimate of drug-likeness (QED) is 0.892. The fourth-order valence-electron chi connectivity index (χ4n) is 2.10. The lowest BCUT2D eigenvalue weighted by atomic mass is 9.98. The maximum atomic E-state index is 12.1. The zero-order chi connectivity index (χ0) is 14.5. The molecule has 4 nitrogen and oxygen atoms in total. The molecule has 3 N–H and O–H groups in total. The summed E-state index contributed by atoms with van der Waals surface area (Å²) in [7, 11) is 0. The molecule has 1 aromatic rings. The van der Waals surface area contributed by atoms with Crippen LogP contribution in [0, 0.1) is 5.41 Å². The van der Waals surface area contributed by atoms with Crippen LogP contribution in [0.25, 0.3) is 0 Å². The van der Waals surface area contributed by atoms with Gasteiger partial charge in [-0.2, -0.15) is 0 Å². The highest BCUT2D eigenvalue weighted by molar-refractivity contribution is 7.09. The fraction of sp³-hybridized carbons (Fsp3) is 0.714. The SMILES string of the molecule is CC(C)(C)c1nc(CNC(=O)C2(N)CC2(C)C)cs1. The van der Waals surface area contributed by atoms with E-state index in [0.717, 1.165) is 17.1 Å². The van der Waals surface area contributed by atoms with Gasteiger partial charge in [0.25, 0.3) is 0 Å². The molecule has 106 valence electrons. The predicted octanol–water partition coefficient (Wildman–Crippen LogP) is 2.18. The number of rotatable bonds is 3. The molecule has 0 saturated heterocycles. The van der Waals surface area contributed by atoms with E-state index in [1.54, 1.807) is 11.3 Å². The van der Waals surface area contributed by atoms with E-state index in [9.17, 15) is 4.79 Å². The molecule has 1 aliphatic carbocycles. The lowest BCUT2D eigenvalue weighted by molar-refractivity contribution is -0.124. The molecular formula is C14H23N3OS. The van der Waals surface area contributed by atoms with E-state index in [2.05, 4.69) is 31.1 Å². The highest BCUT2D eigenvalue weighted by Crippen LogP contribution is 2.53. The zero-order valence-corrected chi connectivity index (χ0v) is 13.1. The van der Waals surface area contributed by atoms with Gasteiger partial charge < -0.3 is 11.1 Å². The molecule has 1 amide bonds. The third-order valence-corrected chi connectivity index (χ3v) is 5.15. The summed E-state index contributed by atoms with van der Waals surface area (Å²) in [6, 6.07) is 0. The molecule has 0 bridgehead atoms. The molecule has 1 unspecified atom stereocenters. The summed E-state index contributed by atoms with van der Waals surface area (Å²) in [5.41, 5.74) is 6.25. The minimum Gasteiger partial charge on any atom is -0.349 e. The molecule has 1 saturated carbocycles. The van der Waals surface area contributed by atoms with E-state index in [0.29, 0.717) is 6.54 Å². The number of hydrogen-bond donors (Lipinski definition) is 2. The number of nitrogens with two attached hydrogens (primary N) is 1. The Balaban J connectivity index is 1.94. The monoisotopic (exact) mass is 281 g/mol. The molecule has 0 radical (unpaired) electrons. The third kappa shape index (κ3) is 2.67. The normalized spacial score (nSPS) is 25.2. The molecule has 1 aromatic heterocycles. The van der Waals surface area contributed by atoms with Crippen molar-refractivity contribution in [1.82, 2.24) is 10.3 Å². The second-order valence-corrected chi connectivity index (χ2v) is 7.97. The van der Waals surface area contributed by atoms with Gasteiger partial charge in [-0.15, -0.1) is 11.3 Å². The van der Waals surface area contributed by atoms with Gasteiger partial charge in [-0.25, -0.2) is 4.98 Å². The molecule has 1 fully saturated rings. The van der Waals surface area contributed by atoms with Crippen molar-refractivity contribution >= 4 is 17.2 Å². The highest BCUT2D eigenvalue weighted by Gasteiger charge is 2.63. The second kappa shape index (κ2) is 4.28. The first kappa shape index (κ1) is 14.5. The molecule has 0 spiro atoms. The van der Waals surface area contributed by atoms with Crippen LogP contribution in [0.3, 0.4) is 0 Å². The molecule has 0 aliphatic heterocycles. The van der Waals surface area contributed by atoms with Crippen molar-refractivity contribution in [3.05, 3.63) is 16.1 Å². The number of carbonyl (C=O) groups is 1. The van der Waals surface area contributed by atoms with E-state index >= 15 is 0 Å². The first-order valence-electron chi connectivity index (χ1n) is 6.58.